The summed E-state index contributed by atoms with van der Waals surface area (Å²) in [4.78, 5) is 14.2. The van der Waals surface area contributed by atoms with E-state index in [1.54, 1.807) is 7.11 Å². The molecule has 0 atom stereocenters. The van der Waals surface area contributed by atoms with Crippen LogP contribution in [0.4, 0.5) is 5.69 Å². The predicted octanol–water partition coefficient (Wildman–Crippen LogP) is 3.47. The van der Waals surface area contributed by atoms with E-state index >= 15 is 0 Å². The second kappa shape index (κ2) is 9.08. The summed E-state index contributed by atoms with van der Waals surface area (Å²) in [5.74, 6) is 1.40. The van der Waals surface area contributed by atoms with Gasteiger partial charge in [0, 0.05) is 12.2 Å². The molecule has 25 heavy (non-hydrogen) atoms. The maximum Gasteiger partial charge on any atom is 0.238 e. The highest BCUT2D eigenvalue weighted by Crippen LogP contribution is 2.28. The van der Waals surface area contributed by atoms with Gasteiger partial charge in [-0.1, -0.05) is 24.3 Å². The van der Waals surface area contributed by atoms with Crippen LogP contribution in [-0.2, 0) is 11.3 Å². The van der Waals surface area contributed by atoms with Crippen LogP contribution >= 0.6 is 0 Å². The Kier molecular flexibility index (Phi) is 6.83. The first-order chi connectivity index (χ1) is 12.0. The summed E-state index contributed by atoms with van der Waals surface area (Å²) in [6, 6.07) is 13.6. The molecule has 134 valence electrons. The van der Waals surface area contributed by atoms with Gasteiger partial charge < -0.3 is 14.8 Å². The van der Waals surface area contributed by atoms with E-state index in [0.29, 0.717) is 25.4 Å². The molecule has 0 spiro atoms. The fraction of sp³-hybridized carbons (Fsp3) is 0.350. The number of nitrogens with one attached hydrogen (secondary N) is 1. The van der Waals surface area contributed by atoms with Crippen LogP contribution in [0.3, 0.4) is 0 Å². The van der Waals surface area contributed by atoms with E-state index in [9.17, 15) is 4.79 Å². The van der Waals surface area contributed by atoms with Gasteiger partial charge in [-0.15, -0.1) is 0 Å². The Labute approximate surface area is 149 Å². The lowest BCUT2D eigenvalue weighted by atomic mass is 10.2. The molecule has 5 nitrogen and oxygen atoms in total. The van der Waals surface area contributed by atoms with Crippen molar-refractivity contribution in [2.24, 2.45) is 0 Å². The van der Waals surface area contributed by atoms with Gasteiger partial charge in [0.05, 0.1) is 20.3 Å². The van der Waals surface area contributed by atoms with Gasteiger partial charge in [-0.05, 0) is 50.2 Å². The standard InChI is InChI=1S/C20H26N2O3/c1-5-25-18-11-10-16(12-19(18)24-4)13-22(3)14-20(23)21-17-9-7-6-8-15(17)2/h6-12H,5,13-14H2,1-4H3,(H,21,23). The van der Waals surface area contributed by atoms with Crippen LogP contribution in [-0.4, -0.2) is 38.1 Å². The van der Waals surface area contributed by atoms with Crippen LogP contribution in [0, 0.1) is 6.92 Å². The third-order valence-electron chi connectivity index (χ3n) is 3.81. The Morgan fingerprint density at radius 3 is 2.60 bits per heavy atom. The zero-order chi connectivity index (χ0) is 18.2. The summed E-state index contributed by atoms with van der Waals surface area (Å²) in [6.45, 7) is 5.46. The zero-order valence-electron chi connectivity index (χ0n) is 15.3. The number of ether oxygens (including phenoxy) is 2. The molecule has 2 aromatic carbocycles. The molecule has 0 unspecified atom stereocenters. The molecule has 5 heteroatoms. The average Bonchev–Trinajstić information content (AvgIpc) is 2.58. The largest absolute Gasteiger partial charge is 0.493 e. The summed E-state index contributed by atoms with van der Waals surface area (Å²) in [5, 5.41) is 2.95. The number of carbonyl (C=O) groups excluding carboxylic acids is 1. The summed E-state index contributed by atoms with van der Waals surface area (Å²) in [6.07, 6.45) is 0. The van der Waals surface area contributed by atoms with E-state index in [4.69, 9.17) is 9.47 Å². The number of hydrogen-bond acceptors (Lipinski definition) is 4. The van der Waals surface area contributed by atoms with Gasteiger partial charge in [0.1, 0.15) is 0 Å². The smallest absolute Gasteiger partial charge is 0.238 e. The molecule has 0 bridgehead atoms. The number of likely N-dealkylation sites (N-methyl/N-ethyl adjacent to an activating group) is 1. The van der Waals surface area contributed by atoms with E-state index in [1.807, 2.05) is 68.3 Å². The third kappa shape index (κ3) is 5.50. The van der Waals surface area contributed by atoms with Crippen LogP contribution in [0.5, 0.6) is 11.5 Å². The van der Waals surface area contributed by atoms with E-state index in [0.717, 1.165) is 22.6 Å². The first-order valence-electron chi connectivity index (χ1n) is 8.37. The summed E-state index contributed by atoms with van der Waals surface area (Å²) < 4.78 is 10.9. The first kappa shape index (κ1) is 18.8. The Morgan fingerprint density at radius 1 is 1.16 bits per heavy atom. The molecule has 0 aliphatic carbocycles. The Bertz CT molecular complexity index is 716. The van der Waals surface area contributed by atoms with Crippen molar-refractivity contribution in [3.05, 3.63) is 53.6 Å². The van der Waals surface area contributed by atoms with E-state index in [-0.39, 0.29) is 5.91 Å². The van der Waals surface area contributed by atoms with Gasteiger partial charge >= 0.3 is 0 Å². The number of methoxy groups -OCH3 is 1. The van der Waals surface area contributed by atoms with Gasteiger partial charge in [0.25, 0.3) is 0 Å². The SMILES string of the molecule is CCOc1ccc(CN(C)CC(=O)Nc2ccccc2C)cc1OC. The molecule has 0 heterocycles. The van der Waals surface area contributed by atoms with Crippen molar-refractivity contribution >= 4 is 11.6 Å². The molecule has 0 aliphatic heterocycles. The lowest BCUT2D eigenvalue weighted by molar-refractivity contribution is -0.117. The first-order valence-corrected chi connectivity index (χ1v) is 8.37. The average molecular weight is 342 g/mol. The molecular weight excluding hydrogens is 316 g/mol. The second-order valence-electron chi connectivity index (χ2n) is 5.95. The van der Waals surface area contributed by atoms with Crippen molar-refractivity contribution in [1.82, 2.24) is 4.90 Å². The predicted molar refractivity (Wildman–Crippen MR) is 100 cm³/mol. The van der Waals surface area contributed by atoms with Crippen LogP contribution in [0.15, 0.2) is 42.5 Å². The minimum atomic E-state index is -0.0327. The number of hydrogen-bond donors (Lipinski definition) is 1. The monoisotopic (exact) mass is 342 g/mol. The quantitative estimate of drug-likeness (QED) is 0.798. The van der Waals surface area contributed by atoms with Crippen molar-refractivity contribution in [3.8, 4) is 11.5 Å². The highest BCUT2D eigenvalue weighted by atomic mass is 16.5. The fourth-order valence-electron chi connectivity index (χ4n) is 2.60. The Morgan fingerprint density at radius 2 is 1.92 bits per heavy atom. The van der Waals surface area contributed by atoms with E-state index < -0.39 is 0 Å². The Hall–Kier alpha value is -2.53. The molecule has 2 rings (SSSR count). The van der Waals surface area contributed by atoms with Crippen molar-refractivity contribution in [2.75, 3.05) is 32.6 Å². The fourth-order valence-corrected chi connectivity index (χ4v) is 2.60. The van der Waals surface area contributed by atoms with E-state index in [1.165, 1.54) is 0 Å². The van der Waals surface area contributed by atoms with Crippen LogP contribution < -0.4 is 14.8 Å². The molecule has 1 amide bonds. The molecule has 0 saturated heterocycles. The molecular formula is C20H26N2O3. The van der Waals surface area contributed by atoms with Gasteiger partial charge in [-0.25, -0.2) is 0 Å². The van der Waals surface area contributed by atoms with E-state index in [2.05, 4.69) is 5.32 Å². The molecule has 0 radical (unpaired) electrons. The van der Waals surface area contributed by atoms with Crippen LogP contribution in [0.2, 0.25) is 0 Å². The van der Waals surface area contributed by atoms with Crippen molar-refractivity contribution in [1.29, 1.82) is 0 Å². The maximum absolute atomic E-state index is 12.2. The normalized spacial score (nSPS) is 10.6. The number of benzene rings is 2. The molecule has 1 N–H and O–H groups in total. The van der Waals surface area contributed by atoms with Crippen molar-refractivity contribution in [2.45, 2.75) is 20.4 Å². The second-order valence-corrected chi connectivity index (χ2v) is 5.95. The number of aryl methyl sites for hydroxylation is 1. The molecule has 0 fully saturated rings. The van der Waals surface area contributed by atoms with Crippen molar-refractivity contribution < 1.29 is 14.3 Å². The number of carbonyl (C=O) groups is 1. The zero-order valence-corrected chi connectivity index (χ0v) is 15.3. The van der Waals surface area contributed by atoms with Gasteiger partial charge in [0.15, 0.2) is 11.5 Å². The molecule has 0 saturated carbocycles. The molecule has 0 aliphatic rings. The summed E-state index contributed by atoms with van der Waals surface area (Å²) >= 11 is 0. The van der Waals surface area contributed by atoms with Crippen LogP contribution in [0.1, 0.15) is 18.1 Å². The number of rotatable bonds is 8. The number of para-hydroxylation sites is 1. The van der Waals surface area contributed by atoms with Gasteiger partial charge in [-0.2, -0.15) is 0 Å². The minimum absolute atomic E-state index is 0.0327. The van der Waals surface area contributed by atoms with Gasteiger partial charge in [-0.3, -0.25) is 9.69 Å². The maximum atomic E-state index is 12.2. The lowest BCUT2D eigenvalue weighted by Gasteiger charge is -2.18. The summed E-state index contributed by atoms with van der Waals surface area (Å²) in [7, 11) is 3.54. The highest BCUT2D eigenvalue weighted by molar-refractivity contribution is 5.92. The van der Waals surface area contributed by atoms with Crippen molar-refractivity contribution in [3.63, 3.8) is 0 Å². The number of anilines is 1. The molecule has 0 aromatic heterocycles. The Balaban J connectivity index is 1.94. The lowest BCUT2D eigenvalue weighted by Crippen LogP contribution is -2.30. The third-order valence-corrected chi connectivity index (χ3v) is 3.81. The molecule has 2 aromatic rings. The minimum Gasteiger partial charge on any atom is -0.493 e. The summed E-state index contributed by atoms with van der Waals surface area (Å²) in [5.41, 5.74) is 2.96. The number of nitrogens with zero attached hydrogens (tertiary/aromatic N) is 1. The van der Waals surface area contributed by atoms with Gasteiger partial charge in [0.2, 0.25) is 5.91 Å². The highest BCUT2D eigenvalue weighted by Gasteiger charge is 2.11. The van der Waals surface area contributed by atoms with Crippen LogP contribution in [0.25, 0.3) is 0 Å². The number of amides is 1. The topological polar surface area (TPSA) is 50.8 Å².